The average Bonchev–Trinajstić information content (AvgIpc) is 2.36. The van der Waals surface area contributed by atoms with E-state index in [2.05, 4.69) is 12.2 Å². The van der Waals surface area contributed by atoms with Crippen molar-refractivity contribution < 1.29 is 4.74 Å². The Morgan fingerprint density at radius 3 is 2.72 bits per heavy atom. The Labute approximate surface area is 115 Å². The highest BCUT2D eigenvalue weighted by Gasteiger charge is 2.14. The number of benzene rings is 1. The van der Waals surface area contributed by atoms with Crippen LogP contribution in [0.25, 0.3) is 0 Å². The number of nitrogens with two attached hydrogens (primary N) is 1. The first-order valence-electron chi connectivity index (χ1n) is 6.38. The van der Waals surface area contributed by atoms with Crippen molar-refractivity contribution in [3.05, 3.63) is 34.9 Å². The molecule has 1 rings (SSSR count). The lowest BCUT2D eigenvalue weighted by Crippen LogP contribution is -2.35. The van der Waals surface area contributed by atoms with Gasteiger partial charge in [0.15, 0.2) is 0 Å². The summed E-state index contributed by atoms with van der Waals surface area (Å²) in [7, 11) is 1.72. The standard InChI is InChI=1S/C14H23ClN2O/c1-11(13-7-3-4-8-14(13)15)17-12(10-18-2)6-5-9-16/h3-4,7-8,11-12,17H,5-6,9-10,16H2,1-2H3/t11-,12?/m0/s1. The van der Waals surface area contributed by atoms with Crippen molar-refractivity contribution in [1.82, 2.24) is 5.32 Å². The van der Waals surface area contributed by atoms with Crippen LogP contribution >= 0.6 is 11.6 Å². The molecule has 0 aliphatic heterocycles. The van der Waals surface area contributed by atoms with Gasteiger partial charge in [0.1, 0.15) is 0 Å². The van der Waals surface area contributed by atoms with Crippen molar-refractivity contribution >= 4 is 11.6 Å². The maximum atomic E-state index is 6.19. The van der Waals surface area contributed by atoms with Crippen LogP contribution in [0.2, 0.25) is 5.02 Å². The van der Waals surface area contributed by atoms with Crippen LogP contribution in [-0.4, -0.2) is 26.3 Å². The van der Waals surface area contributed by atoms with Gasteiger partial charge in [-0.1, -0.05) is 29.8 Å². The van der Waals surface area contributed by atoms with Gasteiger partial charge in [0.05, 0.1) is 6.61 Å². The van der Waals surface area contributed by atoms with Gasteiger partial charge in [0.25, 0.3) is 0 Å². The van der Waals surface area contributed by atoms with Crippen LogP contribution in [-0.2, 0) is 4.74 Å². The van der Waals surface area contributed by atoms with Crippen LogP contribution in [0.5, 0.6) is 0 Å². The van der Waals surface area contributed by atoms with Gasteiger partial charge in [0, 0.05) is 24.2 Å². The summed E-state index contributed by atoms with van der Waals surface area (Å²) in [5.74, 6) is 0. The van der Waals surface area contributed by atoms with E-state index in [0.29, 0.717) is 19.2 Å². The zero-order chi connectivity index (χ0) is 13.4. The topological polar surface area (TPSA) is 47.3 Å². The van der Waals surface area contributed by atoms with Gasteiger partial charge in [0.2, 0.25) is 0 Å². The Morgan fingerprint density at radius 1 is 1.39 bits per heavy atom. The molecule has 2 atom stereocenters. The number of nitrogens with one attached hydrogen (secondary N) is 1. The molecule has 1 aromatic carbocycles. The molecule has 0 spiro atoms. The molecule has 0 aliphatic rings. The number of halogens is 1. The monoisotopic (exact) mass is 270 g/mol. The van der Waals surface area contributed by atoms with E-state index >= 15 is 0 Å². The van der Waals surface area contributed by atoms with Gasteiger partial charge in [-0.05, 0) is 37.9 Å². The Bertz CT molecular complexity index is 346. The quantitative estimate of drug-likeness (QED) is 0.764. The molecule has 3 nitrogen and oxygen atoms in total. The molecular formula is C14H23ClN2O. The van der Waals surface area contributed by atoms with E-state index < -0.39 is 0 Å². The molecule has 0 bridgehead atoms. The summed E-state index contributed by atoms with van der Waals surface area (Å²) in [5, 5.41) is 4.34. The molecule has 0 aliphatic carbocycles. The molecule has 102 valence electrons. The lowest BCUT2D eigenvalue weighted by atomic mass is 10.1. The molecular weight excluding hydrogens is 248 g/mol. The van der Waals surface area contributed by atoms with E-state index in [9.17, 15) is 0 Å². The summed E-state index contributed by atoms with van der Waals surface area (Å²) in [6.07, 6.45) is 2.01. The average molecular weight is 271 g/mol. The van der Waals surface area contributed by atoms with Gasteiger partial charge >= 0.3 is 0 Å². The van der Waals surface area contributed by atoms with Crippen LogP contribution in [0, 0.1) is 0 Å². The minimum Gasteiger partial charge on any atom is -0.383 e. The highest BCUT2D eigenvalue weighted by atomic mass is 35.5. The smallest absolute Gasteiger partial charge is 0.0616 e. The second-order valence-electron chi connectivity index (χ2n) is 4.49. The first kappa shape index (κ1) is 15.4. The molecule has 0 heterocycles. The van der Waals surface area contributed by atoms with Crippen molar-refractivity contribution in [1.29, 1.82) is 0 Å². The highest BCUT2D eigenvalue weighted by Crippen LogP contribution is 2.22. The largest absolute Gasteiger partial charge is 0.383 e. The number of ether oxygens (including phenoxy) is 1. The predicted molar refractivity (Wildman–Crippen MR) is 77.0 cm³/mol. The minimum atomic E-state index is 0.205. The van der Waals surface area contributed by atoms with Gasteiger partial charge in [-0.3, -0.25) is 0 Å². The van der Waals surface area contributed by atoms with E-state index in [1.807, 2.05) is 24.3 Å². The van der Waals surface area contributed by atoms with Crippen LogP contribution < -0.4 is 11.1 Å². The van der Waals surface area contributed by atoms with Gasteiger partial charge in [-0.25, -0.2) is 0 Å². The highest BCUT2D eigenvalue weighted by molar-refractivity contribution is 6.31. The molecule has 0 aromatic heterocycles. The van der Waals surface area contributed by atoms with Crippen LogP contribution in [0.4, 0.5) is 0 Å². The van der Waals surface area contributed by atoms with Crippen molar-refractivity contribution in [2.24, 2.45) is 5.73 Å². The first-order chi connectivity index (χ1) is 8.69. The number of hydrogen-bond donors (Lipinski definition) is 2. The second-order valence-corrected chi connectivity index (χ2v) is 4.90. The van der Waals surface area contributed by atoms with Gasteiger partial charge in [-0.2, -0.15) is 0 Å². The zero-order valence-corrected chi connectivity index (χ0v) is 11.9. The third-order valence-corrected chi connectivity index (χ3v) is 3.33. The number of hydrogen-bond acceptors (Lipinski definition) is 3. The maximum absolute atomic E-state index is 6.19. The molecule has 3 N–H and O–H groups in total. The molecule has 0 amide bonds. The lowest BCUT2D eigenvalue weighted by molar-refractivity contribution is 0.156. The Kier molecular flexibility index (Phi) is 7.28. The molecule has 1 unspecified atom stereocenters. The predicted octanol–water partition coefficient (Wildman–Crippen LogP) is 2.74. The summed E-state index contributed by atoms with van der Waals surface area (Å²) in [4.78, 5) is 0. The number of rotatable bonds is 8. The molecule has 0 saturated heterocycles. The van der Waals surface area contributed by atoms with Crippen LogP contribution in [0.1, 0.15) is 31.4 Å². The minimum absolute atomic E-state index is 0.205. The summed E-state index contributed by atoms with van der Waals surface area (Å²) >= 11 is 6.19. The van der Waals surface area contributed by atoms with Crippen LogP contribution in [0.15, 0.2) is 24.3 Å². The summed E-state index contributed by atoms with van der Waals surface area (Å²) in [6.45, 7) is 3.52. The van der Waals surface area contributed by atoms with Gasteiger partial charge in [-0.15, -0.1) is 0 Å². The summed E-state index contributed by atoms with van der Waals surface area (Å²) in [5.41, 5.74) is 6.67. The molecule has 0 radical (unpaired) electrons. The normalized spacial score (nSPS) is 14.4. The fourth-order valence-corrected chi connectivity index (χ4v) is 2.35. The summed E-state index contributed by atoms with van der Waals surface area (Å²) < 4.78 is 5.23. The zero-order valence-electron chi connectivity index (χ0n) is 11.2. The molecule has 1 aromatic rings. The Morgan fingerprint density at radius 2 is 2.11 bits per heavy atom. The van der Waals surface area contributed by atoms with E-state index in [1.54, 1.807) is 7.11 Å². The lowest BCUT2D eigenvalue weighted by Gasteiger charge is -2.23. The molecule has 0 saturated carbocycles. The van der Waals surface area contributed by atoms with Gasteiger partial charge < -0.3 is 15.8 Å². The Hall–Kier alpha value is -0.610. The van der Waals surface area contributed by atoms with E-state index in [4.69, 9.17) is 22.1 Å². The van der Waals surface area contributed by atoms with Crippen molar-refractivity contribution in [3.8, 4) is 0 Å². The third-order valence-electron chi connectivity index (χ3n) is 2.98. The summed E-state index contributed by atoms with van der Waals surface area (Å²) in [6, 6.07) is 8.43. The SMILES string of the molecule is COCC(CCCN)N[C@@H](C)c1ccccc1Cl. The molecule has 4 heteroatoms. The molecule has 18 heavy (non-hydrogen) atoms. The number of methoxy groups -OCH3 is 1. The third kappa shape index (κ3) is 4.94. The van der Waals surface area contributed by atoms with Crippen LogP contribution in [0.3, 0.4) is 0 Å². The maximum Gasteiger partial charge on any atom is 0.0616 e. The molecule has 0 fully saturated rings. The van der Waals surface area contributed by atoms with E-state index in [1.165, 1.54) is 0 Å². The Balaban J connectivity index is 2.60. The second kappa shape index (κ2) is 8.48. The van der Waals surface area contributed by atoms with E-state index in [-0.39, 0.29) is 6.04 Å². The van der Waals surface area contributed by atoms with Crippen molar-refractivity contribution in [2.45, 2.75) is 31.8 Å². The van der Waals surface area contributed by atoms with E-state index in [0.717, 1.165) is 23.4 Å². The van der Waals surface area contributed by atoms with Crippen molar-refractivity contribution in [3.63, 3.8) is 0 Å². The fraction of sp³-hybridized carbons (Fsp3) is 0.571. The first-order valence-corrected chi connectivity index (χ1v) is 6.76. The fourth-order valence-electron chi connectivity index (χ4n) is 2.05. The van der Waals surface area contributed by atoms with Crippen molar-refractivity contribution in [2.75, 3.05) is 20.3 Å².